The molecule has 1 N–H and O–H groups in total. The topological polar surface area (TPSA) is 81.4 Å². The molecule has 2 aromatic heterocycles. The number of aryl methyl sites for hydroxylation is 1. The minimum Gasteiger partial charge on any atom is -0.494 e. The monoisotopic (exact) mass is 421 g/mol. The molecule has 0 atom stereocenters. The zero-order chi connectivity index (χ0) is 20.9. The highest BCUT2D eigenvalue weighted by atomic mass is 32.1. The van der Waals surface area contributed by atoms with Crippen LogP contribution in [0.5, 0.6) is 5.75 Å². The number of nitrogens with zero attached hydrogens (tertiary/aromatic N) is 4. The Balaban J connectivity index is 1.50. The van der Waals surface area contributed by atoms with Gasteiger partial charge in [0.1, 0.15) is 10.8 Å². The summed E-state index contributed by atoms with van der Waals surface area (Å²) >= 11 is 1.48. The van der Waals surface area contributed by atoms with E-state index >= 15 is 0 Å². The number of benzene rings is 2. The zero-order valence-electron chi connectivity index (χ0n) is 17.0. The number of fused-ring (bicyclic) bond motifs is 1. The van der Waals surface area contributed by atoms with E-state index in [9.17, 15) is 4.79 Å². The second kappa shape index (κ2) is 9.04. The lowest BCUT2D eigenvalue weighted by molar-refractivity contribution is 0.102. The van der Waals surface area contributed by atoms with Crippen molar-refractivity contribution in [3.63, 3.8) is 0 Å². The van der Waals surface area contributed by atoms with Gasteiger partial charge in [-0.2, -0.15) is 9.61 Å². The maximum atomic E-state index is 12.6. The molecule has 0 aliphatic heterocycles. The summed E-state index contributed by atoms with van der Waals surface area (Å²) in [6.07, 6.45) is 2.77. The van der Waals surface area contributed by atoms with E-state index in [1.807, 2.05) is 36.4 Å². The third-order valence-electron chi connectivity index (χ3n) is 4.49. The molecule has 4 rings (SSSR count). The third kappa shape index (κ3) is 4.33. The molecule has 7 nitrogen and oxygen atoms in total. The van der Waals surface area contributed by atoms with E-state index in [2.05, 4.69) is 34.5 Å². The van der Waals surface area contributed by atoms with Crippen molar-refractivity contribution in [3.8, 4) is 16.3 Å². The van der Waals surface area contributed by atoms with Crippen molar-refractivity contribution in [3.05, 3.63) is 59.9 Å². The number of carbonyl (C=O) groups is 1. The second-order valence-corrected chi connectivity index (χ2v) is 7.83. The molecule has 0 saturated heterocycles. The van der Waals surface area contributed by atoms with Crippen molar-refractivity contribution in [2.75, 3.05) is 11.9 Å². The van der Waals surface area contributed by atoms with Gasteiger partial charge < -0.3 is 10.1 Å². The van der Waals surface area contributed by atoms with Crippen LogP contribution in [0.2, 0.25) is 0 Å². The van der Waals surface area contributed by atoms with Crippen molar-refractivity contribution < 1.29 is 9.53 Å². The standard InChI is InChI=1S/C22H23N5O2S/c1-3-6-19-24-25-22-27(19)26-21(30-22)16-7-5-8-17(14-16)23-20(28)15-9-11-18(12-10-15)29-13-4-2/h5,7-12,14H,3-4,6,13H2,1-2H3,(H,23,28). The molecule has 0 spiro atoms. The Morgan fingerprint density at radius 1 is 1.10 bits per heavy atom. The lowest BCUT2D eigenvalue weighted by Gasteiger charge is -2.08. The summed E-state index contributed by atoms with van der Waals surface area (Å²) in [6.45, 7) is 4.82. The molecule has 8 heteroatoms. The lowest BCUT2D eigenvalue weighted by atomic mass is 10.1. The van der Waals surface area contributed by atoms with Crippen LogP contribution in [0.1, 0.15) is 42.9 Å². The van der Waals surface area contributed by atoms with Crippen LogP contribution in [0.3, 0.4) is 0 Å². The molecule has 1 amide bonds. The minimum atomic E-state index is -0.169. The van der Waals surface area contributed by atoms with Crippen LogP contribution in [0.4, 0.5) is 5.69 Å². The maximum Gasteiger partial charge on any atom is 0.255 e. The van der Waals surface area contributed by atoms with Crippen molar-refractivity contribution in [2.45, 2.75) is 33.1 Å². The van der Waals surface area contributed by atoms with Crippen LogP contribution in [-0.2, 0) is 6.42 Å². The summed E-state index contributed by atoms with van der Waals surface area (Å²) in [5, 5.41) is 16.8. The molecular formula is C22H23N5O2S. The van der Waals surface area contributed by atoms with E-state index in [-0.39, 0.29) is 5.91 Å². The quantitative estimate of drug-likeness (QED) is 0.440. The van der Waals surface area contributed by atoms with Crippen LogP contribution >= 0.6 is 11.3 Å². The Kier molecular flexibility index (Phi) is 6.04. The third-order valence-corrected chi connectivity index (χ3v) is 5.43. The van der Waals surface area contributed by atoms with Crippen molar-refractivity contribution in [1.29, 1.82) is 0 Å². The van der Waals surface area contributed by atoms with Gasteiger partial charge in [0.05, 0.1) is 6.61 Å². The fourth-order valence-electron chi connectivity index (χ4n) is 3.01. The maximum absolute atomic E-state index is 12.6. The Hall–Kier alpha value is -3.26. The molecule has 4 aromatic rings. The van der Waals surface area contributed by atoms with Crippen LogP contribution in [-0.4, -0.2) is 32.3 Å². The molecule has 0 fully saturated rings. The van der Waals surface area contributed by atoms with Crippen molar-refractivity contribution >= 4 is 27.9 Å². The van der Waals surface area contributed by atoms with Crippen LogP contribution in [0.15, 0.2) is 48.5 Å². The lowest BCUT2D eigenvalue weighted by Crippen LogP contribution is -2.11. The number of rotatable bonds is 8. The van der Waals surface area contributed by atoms with Gasteiger partial charge in [0.2, 0.25) is 4.96 Å². The highest BCUT2D eigenvalue weighted by Crippen LogP contribution is 2.28. The Labute approximate surface area is 178 Å². The van der Waals surface area contributed by atoms with E-state index in [0.717, 1.165) is 46.4 Å². The first-order valence-corrected chi connectivity index (χ1v) is 10.9. The van der Waals surface area contributed by atoms with Crippen molar-refractivity contribution in [1.82, 2.24) is 19.8 Å². The van der Waals surface area contributed by atoms with Gasteiger partial charge in [0.15, 0.2) is 5.82 Å². The molecule has 0 bridgehead atoms. The Bertz CT molecular complexity index is 1150. The first-order valence-electron chi connectivity index (χ1n) is 10.0. The smallest absolute Gasteiger partial charge is 0.255 e. The SMILES string of the molecule is CCCOc1ccc(C(=O)Nc2cccc(-c3nn4c(CCC)nnc4s3)c2)cc1. The van der Waals surface area contributed by atoms with Gasteiger partial charge in [0, 0.05) is 23.2 Å². The molecule has 0 radical (unpaired) electrons. The number of ether oxygens (including phenoxy) is 1. The van der Waals surface area contributed by atoms with Gasteiger partial charge in [0.25, 0.3) is 5.91 Å². The number of nitrogens with one attached hydrogen (secondary N) is 1. The molecule has 30 heavy (non-hydrogen) atoms. The fraction of sp³-hybridized carbons (Fsp3) is 0.273. The van der Waals surface area contributed by atoms with Gasteiger partial charge in [-0.05, 0) is 49.2 Å². The molecular weight excluding hydrogens is 398 g/mol. The van der Waals surface area contributed by atoms with Crippen LogP contribution < -0.4 is 10.1 Å². The Morgan fingerprint density at radius 2 is 1.93 bits per heavy atom. The van der Waals surface area contributed by atoms with Gasteiger partial charge in [-0.1, -0.05) is 37.3 Å². The normalized spacial score (nSPS) is 11.0. The largest absolute Gasteiger partial charge is 0.494 e. The number of anilines is 1. The molecule has 2 heterocycles. The minimum absolute atomic E-state index is 0.169. The summed E-state index contributed by atoms with van der Waals surface area (Å²) in [6, 6.07) is 14.8. The average molecular weight is 422 g/mol. The molecule has 0 aliphatic carbocycles. The molecule has 154 valence electrons. The van der Waals surface area contributed by atoms with E-state index in [1.54, 1.807) is 16.6 Å². The summed E-state index contributed by atoms with van der Waals surface area (Å²) in [4.78, 5) is 13.4. The summed E-state index contributed by atoms with van der Waals surface area (Å²) in [7, 11) is 0. The first-order chi connectivity index (χ1) is 14.7. The number of aromatic nitrogens is 4. The predicted molar refractivity (Wildman–Crippen MR) is 118 cm³/mol. The zero-order valence-corrected chi connectivity index (χ0v) is 17.8. The number of amides is 1. The van der Waals surface area contributed by atoms with E-state index in [0.29, 0.717) is 17.9 Å². The highest BCUT2D eigenvalue weighted by molar-refractivity contribution is 7.19. The van der Waals surface area contributed by atoms with Gasteiger partial charge >= 0.3 is 0 Å². The summed E-state index contributed by atoms with van der Waals surface area (Å²) in [5.74, 6) is 1.46. The van der Waals surface area contributed by atoms with Crippen LogP contribution in [0, 0.1) is 0 Å². The van der Waals surface area contributed by atoms with E-state index < -0.39 is 0 Å². The summed E-state index contributed by atoms with van der Waals surface area (Å²) in [5.41, 5.74) is 2.21. The summed E-state index contributed by atoms with van der Waals surface area (Å²) < 4.78 is 7.37. The molecule has 0 aliphatic rings. The van der Waals surface area contributed by atoms with Gasteiger partial charge in [-0.15, -0.1) is 10.2 Å². The first kappa shape index (κ1) is 20.0. The molecule has 0 saturated carbocycles. The molecule has 2 aromatic carbocycles. The number of hydrogen-bond donors (Lipinski definition) is 1. The van der Waals surface area contributed by atoms with E-state index in [4.69, 9.17) is 4.74 Å². The van der Waals surface area contributed by atoms with E-state index in [1.165, 1.54) is 11.3 Å². The van der Waals surface area contributed by atoms with Crippen LogP contribution in [0.25, 0.3) is 15.5 Å². The molecule has 0 unspecified atom stereocenters. The average Bonchev–Trinajstić information content (AvgIpc) is 3.35. The second-order valence-electron chi connectivity index (χ2n) is 6.88. The van der Waals surface area contributed by atoms with Crippen molar-refractivity contribution in [2.24, 2.45) is 0 Å². The predicted octanol–water partition coefficient (Wildman–Crippen LogP) is 4.85. The van der Waals surface area contributed by atoms with Gasteiger partial charge in [-0.3, -0.25) is 4.79 Å². The highest BCUT2D eigenvalue weighted by Gasteiger charge is 2.13. The number of carbonyl (C=O) groups excluding carboxylic acids is 1. The Morgan fingerprint density at radius 3 is 2.70 bits per heavy atom. The van der Waals surface area contributed by atoms with Gasteiger partial charge in [-0.25, -0.2) is 0 Å². The number of hydrogen-bond acceptors (Lipinski definition) is 6. The fourth-order valence-corrected chi connectivity index (χ4v) is 3.86.